The maximum absolute atomic E-state index is 13.5. The number of amides is 1. The Labute approximate surface area is 206 Å². The number of halogens is 3. The van der Waals surface area contributed by atoms with Crippen LogP contribution in [0.3, 0.4) is 0 Å². The number of sulfone groups is 1. The summed E-state index contributed by atoms with van der Waals surface area (Å²) >= 11 is 0. The second-order valence-corrected chi connectivity index (χ2v) is 11.7. The number of nitrogens with one attached hydrogen (secondary N) is 1. The van der Waals surface area contributed by atoms with Crippen molar-refractivity contribution >= 4 is 26.8 Å². The molecule has 0 radical (unpaired) electrons. The van der Waals surface area contributed by atoms with E-state index in [4.69, 9.17) is 5.73 Å². The molecular weight excluding hydrogens is 493 g/mol. The first-order valence-corrected chi connectivity index (χ1v) is 13.6. The number of likely N-dealkylation sites (tertiary alicyclic amines) is 1. The molecule has 3 aromatic rings. The average Bonchev–Trinajstić information content (AvgIpc) is 3.42. The Balaban J connectivity index is 1.40. The van der Waals surface area contributed by atoms with Gasteiger partial charge in [-0.05, 0) is 55.9 Å². The summed E-state index contributed by atoms with van der Waals surface area (Å²) in [5.41, 5.74) is 5.35. The number of hydrogen-bond donors (Lipinski definition) is 2. The molecule has 11 heteroatoms. The normalized spacial score (nSPS) is 25.6. The first-order valence-electron chi connectivity index (χ1n) is 11.9. The van der Waals surface area contributed by atoms with Gasteiger partial charge in [-0.2, -0.15) is 13.2 Å². The molecule has 2 aliphatic rings. The van der Waals surface area contributed by atoms with Crippen LogP contribution in [0.25, 0.3) is 11.0 Å². The van der Waals surface area contributed by atoms with Crippen LogP contribution in [0.5, 0.6) is 0 Å². The second kappa shape index (κ2) is 9.19. The lowest BCUT2D eigenvalue weighted by atomic mass is 9.82. The van der Waals surface area contributed by atoms with Crippen molar-refractivity contribution in [2.75, 3.05) is 12.3 Å². The molecule has 4 atom stereocenters. The smallest absolute Gasteiger partial charge is 0.341 e. The summed E-state index contributed by atoms with van der Waals surface area (Å²) in [5.74, 6) is -1.21. The monoisotopic (exact) mass is 520 g/mol. The zero-order valence-corrected chi connectivity index (χ0v) is 20.2. The third-order valence-electron chi connectivity index (χ3n) is 7.33. The van der Waals surface area contributed by atoms with Crippen LogP contribution in [-0.4, -0.2) is 53.6 Å². The topological polar surface area (TPSA) is 109 Å². The van der Waals surface area contributed by atoms with Gasteiger partial charge in [0.1, 0.15) is 11.3 Å². The van der Waals surface area contributed by atoms with Crippen molar-refractivity contribution in [1.82, 2.24) is 14.9 Å². The summed E-state index contributed by atoms with van der Waals surface area (Å²) in [7, 11) is -3.58. The van der Waals surface area contributed by atoms with Crippen molar-refractivity contribution in [2.24, 2.45) is 11.7 Å². The van der Waals surface area contributed by atoms with Gasteiger partial charge in [0, 0.05) is 18.6 Å². The minimum Gasteiger partial charge on any atom is -0.341 e. The molecule has 2 fully saturated rings. The highest BCUT2D eigenvalue weighted by molar-refractivity contribution is 7.91. The van der Waals surface area contributed by atoms with Crippen molar-refractivity contribution in [3.8, 4) is 0 Å². The molecule has 1 saturated carbocycles. The van der Waals surface area contributed by atoms with Gasteiger partial charge in [-0.1, -0.05) is 24.3 Å². The zero-order valence-electron chi connectivity index (χ0n) is 19.4. The Hall–Kier alpha value is -2.92. The summed E-state index contributed by atoms with van der Waals surface area (Å²) in [6, 6.07) is 11.5. The fraction of sp³-hybridized carbons (Fsp3) is 0.440. The van der Waals surface area contributed by atoms with Crippen molar-refractivity contribution in [1.29, 1.82) is 0 Å². The lowest BCUT2D eigenvalue weighted by Crippen LogP contribution is -2.49. The molecule has 5 rings (SSSR count). The van der Waals surface area contributed by atoms with E-state index in [9.17, 15) is 26.4 Å². The van der Waals surface area contributed by atoms with Crippen LogP contribution in [0.15, 0.2) is 53.4 Å². The Morgan fingerprint density at radius 2 is 1.81 bits per heavy atom. The van der Waals surface area contributed by atoms with Crippen molar-refractivity contribution in [3.63, 3.8) is 0 Å². The quantitative estimate of drug-likeness (QED) is 0.531. The maximum Gasteiger partial charge on any atom is 0.418 e. The third-order valence-corrected chi connectivity index (χ3v) is 9.18. The first kappa shape index (κ1) is 24.8. The molecule has 7 nitrogen and oxygen atoms in total. The number of H-pyrrole nitrogens is 1. The van der Waals surface area contributed by atoms with Gasteiger partial charge in [0.2, 0.25) is 5.91 Å². The molecule has 36 heavy (non-hydrogen) atoms. The zero-order chi connectivity index (χ0) is 25.7. The van der Waals surface area contributed by atoms with E-state index in [0.717, 1.165) is 6.07 Å². The molecular formula is C25H27F3N4O3S. The summed E-state index contributed by atoms with van der Waals surface area (Å²) in [6.45, 7) is 0.383. The van der Waals surface area contributed by atoms with Crippen LogP contribution >= 0.6 is 0 Å². The molecule has 0 bridgehead atoms. The van der Waals surface area contributed by atoms with E-state index in [0.29, 0.717) is 32.2 Å². The average molecular weight is 521 g/mol. The number of carbonyl (C=O) groups is 1. The van der Waals surface area contributed by atoms with Gasteiger partial charge in [0.15, 0.2) is 9.84 Å². The molecule has 1 unspecified atom stereocenters. The van der Waals surface area contributed by atoms with E-state index >= 15 is 0 Å². The molecule has 0 spiro atoms. The molecule has 1 aliphatic heterocycles. The number of para-hydroxylation sites is 1. The van der Waals surface area contributed by atoms with Gasteiger partial charge in [-0.25, -0.2) is 13.4 Å². The van der Waals surface area contributed by atoms with Crippen LogP contribution in [0.4, 0.5) is 13.2 Å². The Morgan fingerprint density at radius 3 is 2.53 bits per heavy atom. The van der Waals surface area contributed by atoms with E-state index < -0.39 is 27.5 Å². The lowest BCUT2D eigenvalue weighted by Gasteiger charge is -2.40. The number of alkyl halides is 3. The Kier molecular flexibility index (Phi) is 6.32. The minimum absolute atomic E-state index is 0.122. The van der Waals surface area contributed by atoms with Crippen LogP contribution in [0, 0.1) is 5.92 Å². The fourth-order valence-corrected chi connectivity index (χ4v) is 7.30. The number of aromatic nitrogens is 2. The Morgan fingerprint density at radius 1 is 1.06 bits per heavy atom. The lowest BCUT2D eigenvalue weighted by molar-refractivity contribution is -0.136. The highest BCUT2D eigenvalue weighted by atomic mass is 32.2. The number of carbonyl (C=O) groups excluding carboxylic acids is 1. The highest BCUT2D eigenvalue weighted by Crippen LogP contribution is 2.39. The molecule has 192 valence electrons. The van der Waals surface area contributed by atoms with Crippen LogP contribution in [0.1, 0.15) is 43.0 Å². The van der Waals surface area contributed by atoms with Gasteiger partial charge in [-0.15, -0.1) is 0 Å². The molecule has 1 aliphatic carbocycles. The fourth-order valence-electron chi connectivity index (χ4n) is 5.61. The minimum atomic E-state index is -4.56. The number of benzene rings is 2. The Bertz CT molecular complexity index is 1370. The standard InChI is InChI=1S/C25H27F3N4O3S/c26-25(27,28)19-7-4-8-20-22(19)31-23(30-20)18-11-12-32(24(18)33)21-10-9-16(29)13-15(21)14-36(34,35)17-5-2-1-3-6-17/h1-8,15-16,18,21H,9-14,29H2,(H,30,31)/t15-,16+,18?,21-/m0/s1. The van der Waals surface area contributed by atoms with Crippen molar-refractivity contribution in [2.45, 2.75) is 54.8 Å². The number of nitrogens with zero attached hydrogens (tertiary/aromatic N) is 2. The molecule has 1 saturated heterocycles. The maximum atomic E-state index is 13.5. The van der Waals surface area contributed by atoms with Crippen LogP contribution in [-0.2, 0) is 20.8 Å². The molecule has 3 N–H and O–H groups in total. The largest absolute Gasteiger partial charge is 0.418 e. The van der Waals surface area contributed by atoms with Gasteiger partial charge >= 0.3 is 6.18 Å². The van der Waals surface area contributed by atoms with E-state index in [1.54, 1.807) is 35.2 Å². The molecule has 1 amide bonds. The predicted molar refractivity (Wildman–Crippen MR) is 128 cm³/mol. The molecule has 1 aromatic heterocycles. The second-order valence-electron chi connectivity index (χ2n) is 9.69. The van der Waals surface area contributed by atoms with E-state index in [2.05, 4.69) is 9.97 Å². The molecule has 2 heterocycles. The summed E-state index contributed by atoms with van der Waals surface area (Å²) in [4.78, 5) is 22.5. The number of nitrogens with two attached hydrogens (primary N) is 1. The predicted octanol–water partition coefficient (Wildman–Crippen LogP) is 3.87. The summed E-state index contributed by atoms with van der Waals surface area (Å²) < 4.78 is 66.5. The van der Waals surface area contributed by atoms with Crippen LogP contribution < -0.4 is 5.73 Å². The third kappa shape index (κ3) is 4.61. The van der Waals surface area contributed by atoms with Crippen molar-refractivity contribution in [3.05, 3.63) is 59.9 Å². The van der Waals surface area contributed by atoms with Crippen molar-refractivity contribution < 1.29 is 26.4 Å². The number of hydrogen-bond acceptors (Lipinski definition) is 5. The van der Waals surface area contributed by atoms with Gasteiger partial charge < -0.3 is 15.6 Å². The summed E-state index contributed by atoms with van der Waals surface area (Å²) in [5, 5.41) is 0. The van der Waals surface area contributed by atoms with Gasteiger partial charge in [-0.3, -0.25) is 4.79 Å². The van der Waals surface area contributed by atoms with E-state index in [-0.39, 0.29) is 51.4 Å². The van der Waals surface area contributed by atoms with Gasteiger partial charge in [0.25, 0.3) is 0 Å². The molecule has 2 aromatic carbocycles. The number of rotatable bonds is 5. The van der Waals surface area contributed by atoms with Gasteiger partial charge in [0.05, 0.1) is 27.6 Å². The number of imidazole rings is 1. The van der Waals surface area contributed by atoms with E-state index in [1.165, 1.54) is 12.1 Å². The first-order chi connectivity index (χ1) is 17.0. The highest BCUT2D eigenvalue weighted by Gasteiger charge is 2.44. The van der Waals surface area contributed by atoms with E-state index in [1.807, 2.05) is 0 Å². The SMILES string of the molecule is N[C@@H]1CC[C@H](N2CCC(c3nc4c(C(F)(F)F)cccc4[nH]3)C2=O)[C@H](CS(=O)(=O)c2ccccc2)C1. The van der Waals surface area contributed by atoms with Crippen LogP contribution in [0.2, 0.25) is 0 Å². The number of fused-ring (bicyclic) bond motifs is 1. The summed E-state index contributed by atoms with van der Waals surface area (Å²) in [6.07, 6.45) is -2.45. The number of aromatic amines is 1.